The molecule has 5 aromatic rings. The lowest BCUT2D eigenvalue weighted by Gasteiger charge is -2.01. The van der Waals surface area contributed by atoms with E-state index in [0.29, 0.717) is 0 Å². The smallest absolute Gasteiger partial charge is 0.136 e. The molecule has 0 amide bonds. The Morgan fingerprint density at radius 1 is 0.562 bits per heavy atom. The van der Waals surface area contributed by atoms with Gasteiger partial charge in [-0.3, -0.25) is 0 Å². The SMILES string of the molecule is Cc1ccc(C#Cc2ccccc2C#Cc2ccccc2-c2cc3ccccc3o2)cc1. The van der Waals surface area contributed by atoms with Crippen molar-refractivity contribution in [2.75, 3.05) is 0 Å². The number of benzene rings is 4. The van der Waals surface area contributed by atoms with Crippen molar-refractivity contribution in [3.8, 4) is 35.0 Å². The monoisotopic (exact) mass is 408 g/mol. The summed E-state index contributed by atoms with van der Waals surface area (Å²) < 4.78 is 6.08. The Labute approximate surface area is 188 Å². The molecule has 150 valence electrons. The van der Waals surface area contributed by atoms with Crippen molar-refractivity contribution in [3.05, 3.63) is 131 Å². The molecule has 0 unspecified atom stereocenters. The molecule has 4 aromatic carbocycles. The molecule has 0 N–H and O–H groups in total. The first-order chi connectivity index (χ1) is 15.8. The third-order valence-electron chi connectivity index (χ3n) is 5.27. The Kier molecular flexibility index (Phi) is 5.32. The summed E-state index contributed by atoms with van der Waals surface area (Å²) >= 11 is 0. The standard InChI is InChI=1S/C31H20O/c1-23-14-16-24(17-15-23)18-19-25-8-2-3-9-26(25)20-21-27-10-4-6-12-29(27)31-22-28-11-5-7-13-30(28)32-31/h2-17,22H,1H3. The van der Waals surface area contributed by atoms with Crippen LogP contribution >= 0.6 is 0 Å². The lowest BCUT2D eigenvalue weighted by atomic mass is 10.0. The molecule has 32 heavy (non-hydrogen) atoms. The molecule has 0 spiro atoms. The Balaban J connectivity index is 1.51. The Bertz CT molecular complexity index is 1490. The van der Waals surface area contributed by atoms with Gasteiger partial charge in [0, 0.05) is 33.2 Å². The third kappa shape index (κ3) is 4.20. The molecule has 1 heteroatoms. The van der Waals surface area contributed by atoms with E-state index in [1.54, 1.807) is 0 Å². The fourth-order valence-corrected chi connectivity index (χ4v) is 3.53. The minimum atomic E-state index is 0.823. The Morgan fingerprint density at radius 2 is 1.16 bits per heavy atom. The van der Waals surface area contributed by atoms with Gasteiger partial charge >= 0.3 is 0 Å². The summed E-state index contributed by atoms with van der Waals surface area (Å²) in [5.74, 6) is 14.0. The number of fused-ring (bicyclic) bond motifs is 1. The van der Waals surface area contributed by atoms with Crippen LogP contribution in [-0.4, -0.2) is 0 Å². The lowest BCUT2D eigenvalue weighted by Crippen LogP contribution is -1.85. The second-order valence-electron chi connectivity index (χ2n) is 7.61. The summed E-state index contributed by atoms with van der Waals surface area (Å²) in [7, 11) is 0. The highest BCUT2D eigenvalue weighted by Crippen LogP contribution is 2.29. The van der Waals surface area contributed by atoms with Crippen molar-refractivity contribution in [2.45, 2.75) is 6.92 Å². The molecule has 0 aliphatic rings. The number of hydrogen-bond acceptors (Lipinski definition) is 1. The van der Waals surface area contributed by atoms with Gasteiger partial charge in [-0.05, 0) is 55.5 Å². The van der Waals surface area contributed by atoms with Gasteiger partial charge in [-0.1, -0.05) is 83.8 Å². The van der Waals surface area contributed by atoms with Crippen LogP contribution < -0.4 is 0 Å². The van der Waals surface area contributed by atoms with Crippen LogP contribution in [0.5, 0.6) is 0 Å². The second-order valence-corrected chi connectivity index (χ2v) is 7.61. The summed E-state index contributed by atoms with van der Waals surface area (Å²) in [6.07, 6.45) is 0. The van der Waals surface area contributed by atoms with E-state index in [-0.39, 0.29) is 0 Å². The molecule has 0 fully saturated rings. The molecule has 0 bridgehead atoms. The fraction of sp³-hybridized carbons (Fsp3) is 0.0323. The number of furan rings is 1. The summed E-state index contributed by atoms with van der Waals surface area (Å²) in [5, 5.41) is 1.09. The van der Waals surface area contributed by atoms with Gasteiger partial charge in [0.1, 0.15) is 11.3 Å². The molecule has 0 saturated heterocycles. The van der Waals surface area contributed by atoms with Crippen LogP contribution in [0.3, 0.4) is 0 Å². The van der Waals surface area contributed by atoms with Gasteiger partial charge in [0.25, 0.3) is 0 Å². The summed E-state index contributed by atoms with van der Waals surface area (Å²) in [5.41, 5.74) is 6.83. The van der Waals surface area contributed by atoms with E-state index in [1.807, 2.05) is 78.9 Å². The van der Waals surface area contributed by atoms with Crippen LogP contribution in [-0.2, 0) is 0 Å². The molecule has 1 nitrogen and oxygen atoms in total. The molecular formula is C31H20O. The van der Waals surface area contributed by atoms with Gasteiger partial charge < -0.3 is 4.42 Å². The average Bonchev–Trinajstić information content (AvgIpc) is 3.27. The van der Waals surface area contributed by atoms with Crippen molar-refractivity contribution in [2.24, 2.45) is 0 Å². The number of rotatable bonds is 1. The van der Waals surface area contributed by atoms with E-state index >= 15 is 0 Å². The maximum absolute atomic E-state index is 6.08. The highest BCUT2D eigenvalue weighted by Gasteiger charge is 2.09. The minimum Gasteiger partial charge on any atom is -0.456 e. The number of aryl methyl sites for hydroxylation is 1. The molecule has 0 saturated carbocycles. The van der Waals surface area contributed by atoms with Gasteiger partial charge in [0.05, 0.1) is 0 Å². The summed E-state index contributed by atoms with van der Waals surface area (Å²) in [6, 6.07) is 34.4. The largest absolute Gasteiger partial charge is 0.456 e. The zero-order valence-corrected chi connectivity index (χ0v) is 17.7. The van der Waals surface area contributed by atoms with Crippen molar-refractivity contribution >= 4 is 11.0 Å². The highest BCUT2D eigenvalue weighted by atomic mass is 16.3. The van der Waals surface area contributed by atoms with Crippen molar-refractivity contribution in [3.63, 3.8) is 0 Å². The number of para-hydroxylation sites is 1. The van der Waals surface area contributed by atoms with Gasteiger partial charge in [-0.25, -0.2) is 0 Å². The molecule has 1 heterocycles. The molecule has 1 aromatic heterocycles. The van der Waals surface area contributed by atoms with Crippen molar-refractivity contribution < 1.29 is 4.42 Å². The van der Waals surface area contributed by atoms with E-state index in [2.05, 4.69) is 54.9 Å². The minimum absolute atomic E-state index is 0.823. The van der Waals surface area contributed by atoms with Crippen LogP contribution in [0.15, 0.2) is 108 Å². The third-order valence-corrected chi connectivity index (χ3v) is 5.27. The van der Waals surface area contributed by atoms with E-state index in [9.17, 15) is 0 Å². The van der Waals surface area contributed by atoms with E-state index in [0.717, 1.165) is 44.5 Å². The normalized spacial score (nSPS) is 10.2. The number of hydrogen-bond donors (Lipinski definition) is 0. The lowest BCUT2D eigenvalue weighted by molar-refractivity contribution is 0.631. The first-order valence-corrected chi connectivity index (χ1v) is 10.5. The molecule has 5 rings (SSSR count). The maximum Gasteiger partial charge on any atom is 0.136 e. The van der Waals surface area contributed by atoms with E-state index in [4.69, 9.17) is 4.42 Å². The van der Waals surface area contributed by atoms with Crippen LogP contribution in [0.25, 0.3) is 22.3 Å². The van der Waals surface area contributed by atoms with Gasteiger partial charge in [-0.15, -0.1) is 0 Å². The van der Waals surface area contributed by atoms with E-state index in [1.165, 1.54) is 5.56 Å². The Morgan fingerprint density at radius 3 is 1.91 bits per heavy atom. The highest BCUT2D eigenvalue weighted by molar-refractivity contribution is 5.84. The maximum atomic E-state index is 6.08. The van der Waals surface area contributed by atoms with Crippen molar-refractivity contribution in [1.82, 2.24) is 0 Å². The molecule has 0 radical (unpaired) electrons. The fourth-order valence-electron chi connectivity index (χ4n) is 3.53. The molecule has 0 atom stereocenters. The summed E-state index contributed by atoms with van der Waals surface area (Å²) in [6.45, 7) is 2.07. The zero-order chi connectivity index (χ0) is 21.8. The quantitative estimate of drug-likeness (QED) is 0.267. The predicted molar refractivity (Wildman–Crippen MR) is 131 cm³/mol. The van der Waals surface area contributed by atoms with E-state index < -0.39 is 0 Å². The molecule has 0 aliphatic heterocycles. The second kappa shape index (κ2) is 8.73. The zero-order valence-electron chi connectivity index (χ0n) is 17.7. The first kappa shape index (κ1) is 19.5. The predicted octanol–water partition coefficient (Wildman–Crippen LogP) is 7.21. The average molecular weight is 409 g/mol. The summed E-state index contributed by atoms with van der Waals surface area (Å²) in [4.78, 5) is 0. The van der Waals surface area contributed by atoms with Gasteiger partial charge in [-0.2, -0.15) is 0 Å². The Hall–Kier alpha value is -4.46. The molecule has 0 aliphatic carbocycles. The van der Waals surface area contributed by atoms with Crippen molar-refractivity contribution in [1.29, 1.82) is 0 Å². The first-order valence-electron chi connectivity index (χ1n) is 10.5. The van der Waals surface area contributed by atoms with Crippen LogP contribution in [0.4, 0.5) is 0 Å². The van der Waals surface area contributed by atoms with Gasteiger partial charge in [0.2, 0.25) is 0 Å². The van der Waals surface area contributed by atoms with Crippen LogP contribution in [0.1, 0.15) is 27.8 Å². The van der Waals surface area contributed by atoms with Crippen LogP contribution in [0.2, 0.25) is 0 Å². The van der Waals surface area contributed by atoms with Crippen LogP contribution in [0, 0.1) is 30.6 Å². The topological polar surface area (TPSA) is 13.1 Å². The van der Waals surface area contributed by atoms with Gasteiger partial charge in [0.15, 0.2) is 0 Å². The molecular weight excluding hydrogens is 388 g/mol.